The number of hydrogen-bond donors (Lipinski definition) is 2. The van der Waals surface area contributed by atoms with Gasteiger partial charge in [-0.25, -0.2) is 18.7 Å². The third kappa shape index (κ3) is 5.58. The second-order valence-corrected chi connectivity index (χ2v) is 12.9. The van der Waals surface area contributed by atoms with Crippen molar-refractivity contribution in [3.8, 4) is 5.75 Å². The van der Waals surface area contributed by atoms with Crippen molar-refractivity contribution in [2.45, 2.75) is 76.3 Å². The number of pyridine rings is 1. The van der Waals surface area contributed by atoms with Gasteiger partial charge in [-0.05, 0) is 44.4 Å². The smallest absolute Gasteiger partial charge is 0.416 e. The maximum atomic E-state index is 14.2. The molecule has 3 fully saturated rings. The number of aryl methyl sites for hydroxylation is 1. The van der Waals surface area contributed by atoms with Crippen LogP contribution in [-0.4, -0.2) is 82.4 Å². The van der Waals surface area contributed by atoms with E-state index < -0.39 is 53.9 Å². The summed E-state index contributed by atoms with van der Waals surface area (Å²) in [7, 11) is 0. The number of aromatic nitrogens is 6. The Morgan fingerprint density at radius 3 is 2.46 bits per heavy atom. The molecule has 3 aliphatic rings. The highest BCUT2D eigenvalue weighted by Crippen LogP contribution is 2.52. The number of hydrogen-bond acceptors (Lipinski definition) is 9. The van der Waals surface area contributed by atoms with Gasteiger partial charge < -0.3 is 24.8 Å². The largest absolute Gasteiger partial charge is 0.504 e. The SMILES string of the molecule is CCc1c(N2CCN(C(=O)c3ncnc(C)c3O)[C@H]3CC[C@@H]32)c(=O)c2nn([C@@H]3CC3(F)F)nc2n1CC(=O)Nc1ccc(C(F)(F)F)cc1Cl. The van der Waals surface area contributed by atoms with Crippen molar-refractivity contribution < 1.29 is 36.6 Å². The monoisotopic (exact) mass is 721 g/mol. The molecule has 2 saturated carbocycles. The summed E-state index contributed by atoms with van der Waals surface area (Å²) in [4.78, 5) is 53.3. The van der Waals surface area contributed by atoms with Gasteiger partial charge in [0.1, 0.15) is 24.6 Å². The Labute approximate surface area is 284 Å². The number of benzene rings is 1. The van der Waals surface area contributed by atoms with E-state index in [4.69, 9.17) is 11.6 Å². The van der Waals surface area contributed by atoms with E-state index in [0.29, 0.717) is 24.6 Å². The summed E-state index contributed by atoms with van der Waals surface area (Å²) in [5.41, 5.74) is -1.39. The van der Waals surface area contributed by atoms with Gasteiger partial charge >= 0.3 is 6.18 Å². The van der Waals surface area contributed by atoms with E-state index in [1.54, 1.807) is 18.7 Å². The Morgan fingerprint density at radius 2 is 1.84 bits per heavy atom. The zero-order chi connectivity index (χ0) is 35.9. The lowest BCUT2D eigenvalue weighted by Gasteiger charge is -2.54. The topological polar surface area (TPSA) is 151 Å². The molecular weight excluding hydrogens is 693 g/mol. The molecule has 0 radical (unpaired) electrons. The number of nitrogens with zero attached hydrogens (tertiary/aromatic N) is 8. The molecule has 0 bridgehead atoms. The number of piperazine rings is 1. The molecule has 0 unspecified atom stereocenters. The number of amides is 2. The number of nitrogens with one attached hydrogen (secondary N) is 1. The first-order valence-corrected chi connectivity index (χ1v) is 16.1. The molecule has 1 aromatic carbocycles. The molecule has 2 aliphatic carbocycles. The van der Waals surface area contributed by atoms with Crippen molar-refractivity contribution >= 4 is 46.0 Å². The molecule has 19 heteroatoms. The predicted molar refractivity (Wildman–Crippen MR) is 168 cm³/mol. The zero-order valence-electron chi connectivity index (χ0n) is 26.5. The van der Waals surface area contributed by atoms with E-state index >= 15 is 0 Å². The van der Waals surface area contributed by atoms with E-state index in [-0.39, 0.29) is 76.3 Å². The highest BCUT2D eigenvalue weighted by Gasteiger charge is 2.60. The average Bonchev–Trinajstić information content (AvgIpc) is 3.45. The summed E-state index contributed by atoms with van der Waals surface area (Å²) in [6.45, 7) is 3.10. The molecule has 1 saturated heterocycles. The molecule has 264 valence electrons. The van der Waals surface area contributed by atoms with Crippen LogP contribution in [-0.2, 0) is 23.9 Å². The number of carbonyl (C=O) groups excluding carboxylic acids is 2. The van der Waals surface area contributed by atoms with Crippen LogP contribution < -0.4 is 15.6 Å². The van der Waals surface area contributed by atoms with Crippen LogP contribution in [0.5, 0.6) is 5.75 Å². The summed E-state index contributed by atoms with van der Waals surface area (Å²) in [5, 5.41) is 21.0. The van der Waals surface area contributed by atoms with Gasteiger partial charge in [-0.15, -0.1) is 10.2 Å². The van der Waals surface area contributed by atoms with Gasteiger partial charge in [0, 0.05) is 31.2 Å². The quantitative estimate of drug-likeness (QED) is 0.266. The van der Waals surface area contributed by atoms with Crippen LogP contribution in [0.15, 0.2) is 29.3 Å². The van der Waals surface area contributed by atoms with Crippen LogP contribution in [0.25, 0.3) is 11.2 Å². The van der Waals surface area contributed by atoms with Crippen molar-refractivity contribution in [2.24, 2.45) is 0 Å². The number of rotatable bonds is 7. The minimum absolute atomic E-state index is 0.0930. The van der Waals surface area contributed by atoms with E-state index in [2.05, 4.69) is 25.5 Å². The maximum Gasteiger partial charge on any atom is 0.416 e. The highest BCUT2D eigenvalue weighted by molar-refractivity contribution is 6.33. The van der Waals surface area contributed by atoms with Gasteiger partial charge in [0.25, 0.3) is 11.8 Å². The molecule has 0 spiro atoms. The molecule has 2 N–H and O–H groups in total. The van der Waals surface area contributed by atoms with Gasteiger partial charge in [0.05, 0.1) is 28.0 Å². The van der Waals surface area contributed by atoms with E-state index in [1.165, 1.54) is 10.9 Å². The van der Waals surface area contributed by atoms with Gasteiger partial charge in [0.15, 0.2) is 22.6 Å². The first kappa shape index (κ1) is 33.6. The summed E-state index contributed by atoms with van der Waals surface area (Å²) < 4.78 is 69.1. The van der Waals surface area contributed by atoms with Crippen LogP contribution in [0.3, 0.4) is 0 Å². The third-order valence-electron chi connectivity index (χ3n) is 9.52. The Hall–Kier alpha value is -4.87. The second kappa shape index (κ2) is 11.9. The minimum Gasteiger partial charge on any atom is -0.504 e. The van der Waals surface area contributed by atoms with E-state index in [1.807, 2.05) is 4.90 Å². The molecule has 13 nitrogen and oxygen atoms in total. The number of anilines is 2. The molecule has 3 aromatic heterocycles. The third-order valence-corrected chi connectivity index (χ3v) is 9.83. The Bertz CT molecular complexity index is 2120. The van der Waals surface area contributed by atoms with Gasteiger partial charge in [-0.1, -0.05) is 18.5 Å². The number of carbonyl (C=O) groups is 2. The molecule has 4 aromatic rings. The van der Waals surface area contributed by atoms with Crippen LogP contribution in [0.1, 0.15) is 59.7 Å². The van der Waals surface area contributed by atoms with Crippen LogP contribution >= 0.6 is 11.6 Å². The van der Waals surface area contributed by atoms with Crippen molar-refractivity contribution in [1.82, 2.24) is 34.4 Å². The predicted octanol–water partition coefficient (Wildman–Crippen LogP) is 4.34. The number of aromatic hydroxyl groups is 1. The lowest BCUT2D eigenvalue weighted by molar-refractivity contribution is -0.137. The fraction of sp³-hybridized carbons (Fsp3) is 0.452. The molecule has 1 aliphatic heterocycles. The van der Waals surface area contributed by atoms with Crippen molar-refractivity contribution in [3.63, 3.8) is 0 Å². The number of alkyl halides is 5. The van der Waals surface area contributed by atoms with E-state index in [0.717, 1.165) is 16.9 Å². The molecule has 4 heterocycles. The minimum atomic E-state index is -4.65. The average molecular weight is 722 g/mol. The molecule has 2 amide bonds. The van der Waals surface area contributed by atoms with Crippen molar-refractivity contribution in [1.29, 1.82) is 0 Å². The van der Waals surface area contributed by atoms with Gasteiger partial charge in [-0.2, -0.15) is 18.0 Å². The van der Waals surface area contributed by atoms with Crippen LogP contribution in [0.2, 0.25) is 5.02 Å². The molecule has 3 atom stereocenters. The fourth-order valence-electron chi connectivity index (χ4n) is 6.71. The second-order valence-electron chi connectivity index (χ2n) is 12.5. The zero-order valence-corrected chi connectivity index (χ0v) is 27.3. The first-order chi connectivity index (χ1) is 23.6. The Kier molecular flexibility index (Phi) is 7.99. The summed E-state index contributed by atoms with van der Waals surface area (Å²) in [6, 6.07) is 0.390. The standard InChI is InChI=1S/C31H29ClF5N9O4/c1-3-18-25(43-8-9-44(20-7-6-19(20)43)29(50)24-26(48)14(2)38-13-39-24)27(49)23-28(42-46(41-23)21-11-30(21,33)34)45(18)12-22(47)40-17-5-4-15(10-16(17)32)31(35,36)37/h4-5,10,13,19-21,48H,3,6-9,11-12H2,1-2H3,(H,40,47)/t19-,20-,21+/m0/s1. The van der Waals surface area contributed by atoms with Crippen molar-refractivity contribution in [2.75, 3.05) is 23.3 Å². The number of halogens is 6. The summed E-state index contributed by atoms with van der Waals surface area (Å²) in [5.74, 6) is -4.62. The fourth-order valence-corrected chi connectivity index (χ4v) is 6.94. The maximum absolute atomic E-state index is 14.2. The molecular formula is C31H29ClF5N9O4. The van der Waals surface area contributed by atoms with Gasteiger partial charge in [-0.3, -0.25) is 14.4 Å². The normalized spacial score (nSPS) is 21.2. The lowest BCUT2D eigenvalue weighted by Crippen LogP contribution is -2.67. The Morgan fingerprint density at radius 1 is 1.12 bits per heavy atom. The van der Waals surface area contributed by atoms with Gasteiger partial charge in [0.2, 0.25) is 11.3 Å². The molecule has 50 heavy (non-hydrogen) atoms. The molecule has 7 rings (SSSR count). The van der Waals surface area contributed by atoms with Crippen LogP contribution in [0, 0.1) is 6.92 Å². The Balaban J connectivity index is 1.25. The number of fused-ring (bicyclic) bond motifs is 2. The lowest BCUT2D eigenvalue weighted by atomic mass is 9.81. The summed E-state index contributed by atoms with van der Waals surface area (Å²) in [6.07, 6.45) is -2.61. The van der Waals surface area contributed by atoms with E-state index in [9.17, 15) is 41.4 Å². The van der Waals surface area contributed by atoms with Crippen LogP contribution in [0.4, 0.5) is 33.3 Å². The highest BCUT2D eigenvalue weighted by atomic mass is 35.5. The van der Waals surface area contributed by atoms with Crippen molar-refractivity contribution in [3.05, 3.63) is 62.4 Å². The first-order valence-electron chi connectivity index (χ1n) is 15.8. The summed E-state index contributed by atoms with van der Waals surface area (Å²) >= 11 is 6.07.